The predicted molar refractivity (Wildman–Crippen MR) is 119 cm³/mol. The Morgan fingerprint density at radius 1 is 1.16 bits per heavy atom. The molecule has 1 spiro atoms. The van der Waals surface area contributed by atoms with Crippen molar-refractivity contribution in [2.24, 2.45) is 23.7 Å². The van der Waals surface area contributed by atoms with Crippen LogP contribution in [0.25, 0.3) is 0 Å². The van der Waals surface area contributed by atoms with Crippen molar-refractivity contribution >= 4 is 23.4 Å². The van der Waals surface area contributed by atoms with Gasteiger partial charge in [-0.2, -0.15) is 0 Å². The Kier molecular flexibility index (Phi) is 7.16. The van der Waals surface area contributed by atoms with E-state index in [2.05, 4.69) is 29.4 Å². The molecule has 7 unspecified atom stereocenters. The van der Waals surface area contributed by atoms with E-state index in [1.807, 2.05) is 6.92 Å². The fraction of sp³-hybridized carbons (Fsp3) is 0.913. The Labute approximate surface area is 190 Å². The number of rotatable bonds is 4. The van der Waals surface area contributed by atoms with Crippen LogP contribution in [0.1, 0.15) is 52.9 Å². The molecule has 7 atom stereocenters. The SMILES string of the molecule is CC1CC(C)C(CNC(=O)C2CC(Cl)CC(N3CCC4(CC3)OCCO4)C2C)C(=O)N1. The van der Waals surface area contributed by atoms with Gasteiger partial charge in [-0.1, -0.05) is 13.8 Å². The summed E-state index contributed by atoms with van der Waals surface area (Å²) in [5, 5.41) is 6.10. The van der Waals surface area contributed by atoms with Crippen LogP contribution in [0, 0.1) is 23.7 Å². The minimum absolute atomic E-state index is 0.00966. The maximum Gasteiger partial charge on any atom is 0.225 e. The van der Waals surface area contributed by atoms with E-state index >= 15 is 0 Å². The quantitative estimate of drug-likeness (QED) is 0.635. The fourth-order valence-electron chi connectivity index (χ4n) is 6.17. The number of ether oxygens (including phenoxy) is 2. The molecule has 0 aromatic carbocycles. The highest BCUT2D eigenvalue weighted by molar-refractivity contribution is 6.20. The standard InChI is InChI=1S/C23H38ClN3O4/c1-14-10-15(2)26-22(29)19(14)13-25-21(28)18-11-17(24)12-20(16(18)3)27-6-4-23(5-7-27)30-8-9-31-23/h14-20H,4-13H2,1-3H3,(H,25,28)(H,26,29). The molecule has 176 valence electrons. The van der Waals surface area contributed by atoms with Crippen LogP contribution in [0.2, 0.25) is 0 Å². The largest absolute Gasteiger partial charge is 0.355 e. The van der Waals surface area contributed by atoms with E-state index in [9.17, 15) is 9.59 Å². The Morgan fingerprint density at radius 2 is 1.84 bits per heavy atom. The monoisotopic (exact) mass is 455 g/mol. The maximum atomic E-state index is 13.1. The van der Waals surface area contributed by atoms with Crippen LogP contribution in [0.3, 0.4) is 0 Å². The minimum Gasteiger partial charge on any atom is -0.355 e. The first-order chi connectivity index (χ1) is 14.8. The second-order valence-electron chi connectivity index (χ2n) is 10.2. The van der Waals surface area contributed by atoms with Gasteiger partial charge >= 0.3 is 0 Å². The van der Waals surface area contributed by atoms with Crippen molar-refractivity contribution in [1.29, 1.82) is 0 Å². The smallest absolute Gasteiger partial charge is 0.225 e. The second-order valence-corrected chi connectivity index (χ2v) is 10.8. The molecule has 0 aromatic rings. The molecule has 4 fully saturated rings. The average molecular weight is 456 g/mol. The van der Waals surface area contributed by atoms with Gasteiger partial charge in [-0.05, 0) is 38.0 Å². The number of amides is 2. The zero-order chi connectivity index (χ0) is 22.2. The van der Waals surface area contributed by atoms with Crippen molar-refractivity contribution in [2.45, 2.75) is 76.1 Å². The van der Waals surface area contributed by atoms with Crippen LogP contribution >= 0.6 is 11.6 Å². The predicted octanol–water partition coefficient (Wildman–Crippen LogP) is 2.12. The summed E-state index contributed by atoms with van der Waals surface area (Å²) in [6, 6.07) is 0.484. The third-order valence-electron chi connectivity index (χ3n) is 8.06. The first-order valence-electron chi connectivity index (χ1n) is 12.0. The van der Waals surface area contributed by atoms with Crippen LogP contribution in [-0.4, -0.2) is 72.8 Å². The summed E-state index contributed by atoms with van der Waals surface area (Å²) in [6.07, 6.45) is 4.28. The summed E-state index contributed by atoms with van der Waals surface area (Å²) in [7, 11) is 0. The molecule has 8 heteroatoms. The zero-order valence-corrected chi connectivity index (χ0v) is 19.8. The summed E-state index contributed by atoms with van der Waals surface area (Å²) in [6.45, 7) is 9.89. The van der Waals surface area contributed by atoms with Crippen LogP contribution in [0.15, 0.2) is 0 Å². The van der Waals surface area contributed by atoms with Crippen molar-refractivity contribution in [3.05, 3.63) is 0 Å². The molecule has 3 heterocycles. The molecule has 0 bridgehead atoms. The van der Waals surface area contributed by atoms with E-state index in [0.29, 0.717) is 26.2 Å². The van der Waals surface area contributed by atoms with Gasteiger partial charge in [-0.15, -0.1) is 11.6 Å². The lowest BCUT2D eigenvalue weighted by Crippen LogP contribution is -2.56. The van der Waals surface area contributed by atoms with E-state index in [4.69, 9.17) is 21.1 Å². The van der Waals surface area contributed by atoms with Gasteiger partial charge < -0.3 is 20.1 Å². The zero-order valence-electron chi connectivity index (χ0n) is 19.1. The fourth-order valence-corrected chi connectivity index (χ4v) is 6.54. The molecule has 2 N–H and O–H groups in total. The van der Waals surface area contributed by atoms with Crippen molar-refractivity contribution < 1.29 is 19.1 Å². The lowest BCUT2D eigenvalue weighted by atomic mass is 9.74. The number of carbonyl (C=O) groups excluding carboxylic acids is 2. The van der Waals surface area contributed by atoms with Crippen LogP contribution in [-0.2, 0) is 19.1 Å². The Hall–Kier alpha value is -0.890. The maximum absolute atomic E-state index is 13.1. The normalized spacial score (nSPS) is 41.2. The number of nitrogens with zero attached hydrogens (tertiary/aromatic N) is 1. The van der Waals surface area contributed by atoms with Crippen molar-refractivity contribution in [3.8, 4) is 0 Å². The van der Waals surface area contributed by atoms with E-state index in [0.717, 1.165) is 38.8 Å². The number of piperidine rings is 2. The molecule has 31 heavy (non-hydrogen) atoms. The molecular weight excluding hydrogens is 418 g/mol. The molecule has 1 saturated carbocycles. The number of likely N-dealkylation sites (tertiary alicyclic amines) is 1. The summed E-state index contributed by atoms with van der Waals surface area (Å²) >= 11 is 6.65. The van der Waals surface area contributed by atoms with Crippen molar-refractivity contribution in [1.82, 2.24) is 15.5 Å². The number of hydrogen-bond donors (Lipinski definition) is 2. The number of halogens is 1. The van der Waals surface area contributed by atoms with E-state index in [1.165, 1.54) is 0 Å². The minimum atomic E-state index is -0.389. The molecule has 3 aliphatic heterocycles. The highest BCUT2D eigenvalue weighted by atomic mass is 35.5. The molecule has 4 rings (SSSR count). The number of hydrogen-bond acceptors (Lipinski definition) is 5. The van der Waals surface area contributed by atoms with E-state index in [-0.39, 0.29) is 58.7 Å². The summed E-state index contributed by atoms with van der Waals surface area (Å²) < 4.78 is 11.7. The lowest BCUT2D eigenvalue weighted by Gasteiger charge is -2.47. The molecular formula is C23H38ClN3O4. The van der Waals surface area contributed by atoms with Gasteiger partial charge in [0.25, 0.3) is 0 Å². The van der Waals surface area contributed by atoms with E-state index < -0.39 is 0 Å². The summed E-state index contributed by atoms with van der Waals surface area (Å²) in [4.78, 5) is 28.0. The Balaban J connectivity index is 1.33. The van der Waals surface area contributed by atoms with Crippen LogP contribution in [0.4, 0.5) is 0 Å². The van der Waals surface area contributed by atoms with Crippen LogP contribution < -0.4 is 10.6 Å². The molecule has 1 aliphatic carbocycles. The molecule has 0 radical (unpaired) electrons. The van der Waals surface area contributed by atoms with Gasteiger partial charge in [0.2, 0.25) is 11.8 Å². The first kappa shape index (κ1) is 23.3. The van der Waals surface area contributed by atoms with Gasteiger partial charge in [0, 0.05) is 55.9 Å². The Morgan fingerprint density at radius 3 is 2.48 bits per heavy atom. The Bertz CT molecular complexity index is 661. The topological polar surface area (TPSA) is 79.9 Å². The van der Waals surface area contributed by atoms with Gasteiger partial charge in [0.15, 0.2) is 5.79 Å². The van der Waals surface area contributed by atoms with E-state index in [1.54, 1.807) is 0 Å². The number of nitrogens with one attached hydrogen (secondary N) is 2. The highest BCUT2D eigenvalue weighted by Gasteiger charge is 2.46. The van der Waals surface area contributed by atoms with Gasteiger partial charge in [0.1, 0.15) is 0 Å². The third kappa shape index (κ3) is 5.05. The van der Waals surface area contributed by atoms with Gasteiger partial charge in [0.05, 0.1) is 19.1 Å². The highest BCUT2D eigenvalue weighted by Crippen LogP contribution is 2.39. The number of alkyl halides is 1. The molecule has 2 amide bonds. The molecule has 4 aliphatic rings. The van der Waals surface area contributed by atoms with Crippen molar-refractivity contribution in [2.75, 3.05) is 32.8 Å². The van der Waals surface area contributed by atoms with Gasteiger partial charge in [-0.3, -0.25) is 14.5 Å². The summed E-state index contributed by atoms with van der Waals surface area (Å²) in [5.74, 6) is -0.106. The third-order valence-corrected chi connectivity index (χ3v) is 8.42. The van der Waals surface area contributed by atoms with Crippen molar-refractivity contribution in [3.63, 3.8) is 0 Å². The summed E-state index contributed by atoms with van der Waals surface area (Å²) in [5.41, 5.74) is 0. The molecule has 3 saturated heterocycles. The van der Waals surface area contributed by atoms with Gasteiger partial charge in [-0.25, -0.2) is 0 Å². The first-order valence-corrected chi connectivity index (χ1v) is 12.5. The van der Waals surface area contributed by atoms with Crippen LogP contribution in [0.5, 0.6) is 0 Å². The molecule has 0 aromatic heterocycles. The average Bonchev–Trinajstić information content (AvgIpc) is 3.17. The molecule has 7 nitrogen and oxygen atoms in total. The lowest BCUT2D eigenvalue weighted by molar-refractivity contribution is -0.190. The second kappa shape index (κ2) is 9.54. The number of carbonyl (C=O) groups is 2.